The Morgan fingerprint density at radius 1 is 1.57 bits per heavy atom. The maximum absolute atomic E-state index is 3.91. The monoisotopic (exact) mass is 196 g/mol. The lowest BCUT2D eigenvalue weighted by Gasteiger charge is -2.11. The second-order valence-electron chi connectivity index (χ2n) is 3.86. The number of aromatic nitrogens is 3. The van der Waals surface area contributed by atoms with Crippen molar-refractivity contribution in [3.05, 3.63) is 11.9 Å². The molecule has 1 N–H and O–H groups in total. The lowest BCUT2D eigenvalue weighted by molar-refractivity contribution is 0.494. The molecule has 1 aromatic rings. The molecule has 1 rings (SSSR count). The summed E-state index contributed by atoms with van der Waals surface area (Å²) < 4.78 is 1.84. The number of hydrogen-bond acceptors (Lipinski definition) is 3. The first-order valence-corrected chi connectivity index (χ1v) is 5.28. The van der Waals surface area contributed by atoms with Gasteiger partial charge in [-0.3, -0.25) is 4.68 Å². The molecule has 0 fully saturated rings. The van der Waals surface area contributed by atoms with Crippen molar-refractivity contribution < 1.29 is 0 Å². The summed E-state index contributed by atoms with van der Waals surface area (Å²) in [6, 6.07) is 0. The van der Waals surface area contributed by atoms with Gasteiger partial charge < -0.3 is 5.32 Å². The fourth-order valence-electron chi connectivity index (χ4n) is 1.45. The Hall–Kier alpha value is -0.900. The van der Waals surface area contributed by atoms with E-state index >= 15 is 0 Å². The van der Waals surface area contributed by atoms with E-state index in [2.05, 4.69) is 29.5 Å². The highest BCUT2D eigenvalue weighted by Gasteiger charge is 2.06. The summed E-state index contributed by atoms with van der Waals surface area (Å²) in [4.78, 5) is 0. The molecule has 0 aliphatic carbocycles. The minimum Gasteiger partial charge on any atom is -0.316 e. The number of rotatable bonds is 6. The first-order chi connectivity index (χ1) is 6.74. The van der Waals surface area contributed by atoms with E-state index in [4.69, 9.17) is 0 Å². The Labute approximate surface area is 85.7 Å². The topological polar surface area (TPSA) is 42.7 Å². The zero-order valence-electron chi connectivity index (χ0n) is 9.32. The van der Waals surface area contributed by atoms with Crippen molar-refractivity contribution in [1.82, 2.24) is 20.3 Å². The second-order valence-corrected chi connectivity index (χ2v) is 3.86. The molecule has 4 heteroatoms. The van der Waals surface area contributed by atoms with Gasteiger partial charge in [0.05, 0.1) is 11.9 Å². The van der Waals surface area contributed by atoms with Crippen LogP contribution in [-0.2, 0) is 13.5 Å². The molecule has 1 aromatic heterocycles. The van der Waals surface area contributed by atoms with Crippen LogP contribution in [0.1, 0.15) is 26.0 Å². The highest BCUT2D eigenvalue weighted by atomic mass is 15.4. The maximum atomic E-state index is 3.91. The van der Waals surface area contributed by atoms with Crippen molar-refractivity contribution in [2.45, 2.75) is 26.7 Å². The molecule has 0 aliphatic rings. The molecular weight excluding hydrogens is 176 g/mol. The molecule has 0 bridgehead atoms. The maximum Gasteiger partial charge on any atom is 0.0725 e. The Bertz CT molecular complexity index is 256. The first kappa shape index (κ1) is 11.2. The van der Waals surface area contributed by atoms with Crippen molar-refractivity contribution in [2.75, 3.05) is 13.1 Å². The van der Waals surface area contributed by atoms with E-state index in [1.54, 1.807) is 0 Å². The predicted molar refractivity (Wildman–Crippen MR) is 57.0 cm³/mol. The van der Waals surface area contributed by atoms with Gasteiger partial charge in [-0.2, -0.15) is 0 Å². The molecule has 0 saturated carbocycles. The highest BCUT2D eigenvalue weighted by Crippen LogP contribution is 2.04. The molecule has 0 saturated heterocycles. The molecule has 80 valence electrons. The Balaban J connectivity index is 2.27. The van der Waals surface area contributed by atoms with Crippen molar-refractivity contribution in [2.24, 2.45) is 13.0 Å². The normalized spacial score (nSPS) is 13.1. The Morgan fingerprint density at radius 3 is 2.93 bits per heavy atom. The van der Waals surface area contributed by atoms with Crippen LogP contribution in [-0.4, -0.2) is 28.1 Å². The molecule has 0 spiro atoms. The van der Waals surface area contributed by atoms with Crippen LogP contribution in [0.5, 0.6) is 0 Å². The van der Waals surface area contributed by atoms with Gasteiger partial charge in [-0.1, -0.05) is 19.1 Å². The fraction of sp³-hybridized carbons (Fsp3) is 0.800. The molecule has 1 unspecified atom stereocenters. The zero-order valence-corrected chi connectivity index (χ0v) is 9.32. The van der Waals surface area contributed by atoms with E-state index in [-0.39, 0.29) is 0 Å². The van der Waals surface area contributed by atoms with Gasteiger partial charge in [0.2, 0.25) is 0 Å². The van der Waals surface area contributed by atoms with E-state index in [9.17, 15) is 0 Å². The number of aryl methyl sites for hydroxylation is 1. The summed E-state index contributed by atoms with van der Waals surface area (Å²) in [6.07, 6.45) is 4.08. The lowest BCUT2D eigenvalue weighted by atomic mass is 10.1. The zero-order chi connectivity index (χ0) is 10.4. The summed E-state index contributed by atoms with van der Waals surface area (Å²) in [5.74, 6) is 0.638. The average molecular weight is 196 g/mol. The van der Waals surface area contributed by atoms with Gasteiger partial charge in [0.1, 0.15) is 0 Å². The summed E-state index contributed by atoms with van der Waals surface area (Å²) in [7, 11) is 1.94. The van der Waals surface area contributed by atoms with Crippen LogP contribution >= 0.6 is 0 Å². The standard InChI is InChI=1S/C10H20N4/c1-4-5-11-7-9(2)6-10-8-12-13-14(10)3/h8-9,11H,4-7H2,1-3H3. The van der Waals surface area contributed by atoms with Gasteiger partial charge in [0.15, 0.2) is 0 Å². The van der Waals surface area contributed by atoms with E-state index in [1.165, 1.54) is 12.1 Å². The van der Waals surface area contributed by atoms with Gasteiger partial charge in [-0.25, -0.2) is 0 Å². The predicted octanol–water partition coefficient (Wildman–Crippen LogP) is 0.993. The van der Waals surface area contributed by atoms with Gasteiger partial charge in [-0.05, 0) is 31.8 Å². The van der Waals surface area contributed by atoms with Crippen LogP contribution < -0.4 is 5.32 Å². The van der Waals surface area contributed by atoms with Gasteiger partial charge in [-0.15, -0.1) is 5.10 Å². The molecule has 0 aliphatic heterocycles. The molecule has 0 aromatic carbocycles. The molecule has 14 heavy (non-hydrogen) atoms. The van der Waals surface area contributed by atoms with Crippen LogP contribution in [0.3, 0.4) is 0 Å². The van der Waals surface area contributed by atoms with Gasteiger partial charge in [0, 0.05) is 7.05 Å². The summed E-state index contributed by atoms with van der Waals surface area (Å²) in [5.41, 5.74) is 1.20. The molecule has 1 atom stereocenters. The van der Waals surface area contributed by atoms with Gasteiger partial charge >= 0.3 is 0 Å². The quantitative estimate of drug-likeness (QED) is 0.690. The van der Waals surface area contributed by atoms with Crippen molar-refractivity contribution in [1.29, 1.82) is 0 Å². The summed E-state index contributed by atoms with van der Waals surface area (Å²) in [6.45, 7) is 6.60. The minimum atomic E-state index is 0.638. The van der Waals surface area contributed by atoms with Crippen molar-refractivity contribution in [3.8, 4) is 0 Å². The Morgan fingerprint density at radius 2 is 2.36 bits per heavy atom. The number of nitrogens with one attached hydrogen (secondary N) is 1. The van der Waals surface area contributed by atoms with E-state index in [0.29, 0.717) is 5.92 Å². The van der Waals surface area contributed by atoms with Crippen LogP contribution in [0.15, 0.2) is 6.20 Å². The van der Waals surface area contributed by atoms with Crippen molar-refractivity contribution in [3.63, 3.8) is 0 Å². The molecule has 0 amide bonds. The third-order valence-corrected chi connectivity index (χ3v) is 2.29. The van der Waals surface area contributed by atoms with Gasteiger partial charge in [0.25, 0.3) is 0 Å². The largest absolute Gasteiger partial charge is 0.316 e. The summed E-state index contributed by atoms with van der Waals surface area (Å²) in [5, 5.41) is 11.2. The average Bonchev–Trinajstić information content (AvgIpc) is 2.52. The lowest BCUT2D eigenvalue weighted by Crippen LogP contribution is -2.23. The molecule has 1 heterocycles. The second kappa shape index (κ2) is 5.75. The van der Waals surface area contributed by atoms with Crippen LogP contribution in [0, 0.1) is 5.92 Å². The number of hydrogen-bond donors (Lipinski definition) is 1. The summed E-state index contributed by atoms with van der Waals surface area (Å²) >= 11 is 0. The third kappa shape index (κ3) is 3.46. The first-order valence-electron chi connectivity index (χ1n) is 5.28. The van der Waals surface area contributed by atoms with Crippen LogP contribution in [0.4, 0.5) is 0 Å². The van der Waals surface area contributed by atoms with E-state index in [0.717, 1.165) is 19.5 Å². The van der Waals surface area contributed by atoms with Crippen LogP contribution in [0.25, 0.3) is 0 Å². The molecule has 0 radical (unpaired) electrons. The minimum absolute atomic E-state index is 0.638. The Kier molecular flexibility index (Phi) is 4.59. The molecule has 4 nitrogen and oxygen atoms in total. The van der Waals surface area contributed by atoms with E-state index < -0.39 is 0 Å². The number of nitrogens with zero attached hydrogens (tertiary/aromatic N) is 3. The molecular formula is C10H20N4. The van der Waals surface area contributed by atoms with Crippen LogP contribution in [0.2, 0.25) is 0 Å². The van der Waals surface area contributed by atoms with Crippen molar-refractivity contribution >= 4 is 0 Å². The smallest absolute Gasteiger partial charge is 0.0725 e. The third-order valence-electron chi connectivity index (χ3n) is 2.29. The SMILES string of the molecule is CCCNCC(C)Cc1cnnn1C. The highest BCUT2D eigenvalue weighted by molar-refractivity contribution is 4.94. The fourth-order valence-corrected chi connectivity index (χ4v) is 1.45. The van der Waals surface area contributed by atoms with E-state index in [1.807, 2.05) is 17.9 Å².